The molecular weight excluding hydrogens is 244 g/mol. The molecule has 0 saturated heterocycles. The van der Waals surface area contributed by atoms with E-state index in [0.717, 1.165) is 0 Å². The highest BCUT2D eigenvalue weighted by atomic mass is 32.2. The summed E-state index contributed by atoms with van der Waals surface area (Å²) in [5, 5.41) is 8.83. The van der Waals surface area contributed by atoms with Crippen LogP contribution in [0.2, 0.25) is 0 Å². The highest BCUT2D eigenvalue weighted by Crippen LogP contribution is 2.07. The number of nitrogens with one attached hydrogen (secondary N) is 1. The van der Waals surface area contributed by atoms with Crippen molar-refractivity contribution in [2.45, 2.75) is 17.4 Å². The number of ether oxygens (including phenoxy) is 1. The van der Waals surface area contributed by atoms with Crippen molar-refractivity contribution >= 4 is 10.0 Å². The van der Waals surface area contributed by atoms with E-state index in [9.17, 15) is 8.42 Å². The second-order valence-corrected chi connectivity index (χ2v) is 5.19. The van der Waals surface area contributed by atoms with E-state index in [0.29, 0.717) is 6.42 Å². The molecule has 6 nitrogen and oxygen atoms in total. The van der Waals surface area contributed by atoms with E-state index < -0.39 is 16.1 Å². The Labute approximate surface area is 101 Å². The van der Waals surface area contributed by atoms with E-state index in [-0.39, 0.29) is 18.1 Å². The lowest BCUT2D eigenvalue weighted by atomic mass is 10.2. The fourth-order valence-corrected chi connectivity index (χ4v) is 2.54. The number of hydrogen-bond donors (Lipinski definition) is 2. The Bertz CT molecular complexity index is 415. The maximum absolute atomic E-state index is 11.9. The summed E-state index contributed by atoms with van der Waals surface area (Å²) in [7, 11) is -2.13. The van der Waals surface area contributed by atoms with Crippen molar-refractivity contribution in [3.63, 3.8) is 0 Å². The van der Waals surface area contributed by atoms with Gasteiger partial charge < -0.3 is 9.84 Å². The van der Waals surface area contributed by atoms with Gasteiger partial charge in [-0.15, -0.1) is 0 Å². The zero-order valence-electron chi connectivity index (χ0n) is 9.54. The molecule has 0 radical (unpaired) electrons. The standard InChI is InChI=1S/C10H16N2O4S/c1-16-8-9(4-6-13)12-17(14,15)10-3-2-5-11-7-10/h2-3,5,7,9,12-13H,4,6,8H2,1H3. The van der Waals surface area contributed by atoms with Gasteiger partial charge in [-0.2, -0.15) is 0 Å². The average molecular weight is 260 g/mol. The van der Waals surface area contributed by atoms with Crippen molar-refractivity contribution in [3.05, 3.63) is 24.5 Å². The predicted molar refractivity (Wildman–Crippen MR) is 61.9 cm³/mol. The molecule has 0 aliphatic carbocycles. The molecule has 0 aliphatic rings. The van der Waals surface area contributed by atoms with E-state index >= 15 is 0 Å². The second kappa shape index (κ2) is 6.65. The first-order valence-electron chi connectivity index (χ1n) is 5.12. The monoisotopic (exact) mass is 260 g/mol. The number of nitrogens with zero attached hydrogens (tertiary/aromatic N) is 1. The number of aromatic nitrogens is 1. The van der Waals surface area contributed by atoms with Gasteiger partial charge in [0, 0.05) is 32.2 Å². The van der Waals surface area contributed by atoms with Crippen molar-refractivity contribution in [2.75, 3.05) is 20.3 Å². The predicted octanol–water partition coefficient (Wildman–Crippen LogP) is -0.243. The summed E-state index contributed by atoms with van der Waals surface area (Å²) in [6.07, 6.45) is 3.07. The van der Waals surface area contributed by atoms with Crippen LogP contribution in [-0.4, -0.2) is 44.9 Å². The van der Waals surface area contributed by atoms with Crippen molar-refractivity contribution in [1.82, 2.24) is 9.71 Å². The summed E-state index contributed by atoms with van der Waals surface area (Å²) in [6.45, 7) is 0.101. The molecule has 1 aromatic rings. The van der Waals surface area contributed by atoms with Gasteiger partial charge in [0.05, 0.1) is 6.61 Å². The van der Waals surface area contributed by atoms with Crippen LogP contribution in [0.3, 0.4) is 0 Å². The fourth-order valence-electron chi connectivity index (χ4n) is 1.33. The van der Waals surface area contributed by atoms with Gasteiger partial charge in [-0.1, -0.05) is 0 Å². The molecule has 0 fully saturated rings. The fraction of sp³-hybridized carbons (Fsp3) is 0.500. The molecule has 1 unspecified atom stereocenters. The third-order valence-electron chi connectivity index (χ3n) is 2.11. The van der Waals surface area contributed by atoms with Gasteiger partial charge in [0.2, 0.25) is 10.0 Å². The molecule has 0 amide bonds. The molecule has 1 heterocycles. The highest BCUT2D eigenvalue weighted by Gasteiger charge is 2.19. The zero-order chi connectivity index (χ0) is 12.7. The van der Waals surface area contributed by atoms with E-state index in [4.69, 9.17) is 9.84 Å². The Hall–Kier alpha value is -1.02. The van der Waals surface area contributed by atoms with Crippen LogP contribution < -0.4 is 4.72 Å². The quantitative estimate of drug-likeness (QED) is 0.706. The molecule has 1 aromatic heterocycles. The highest BCUT2D eigenvalue weighted by molar-refractivity contribution is 7.89. The lowest BCUT2D eigenvalue weighted by molar-refractivity contribution is 0.158. The van der Waals surface area contributed by atoms with Gasteiger partial charge in [-0.3, -0.25) is 4.98 Å². The van der Waals surface area contributed by atoms with E-state index in [1.54, 1.807) is 6.07 Å². The molecule has 1 rings (SSSR count). The van der Waals surface area contributed by atoms with Crippen LogP contribution in [-0.2, 0) is 14.8 Å². The Morgan fingerprint density at radius 1 is 1.59 bits per heavy atom. The molecule has 0 aliphatic heterocycles. The third-order valence-corrected chi connectivity index (χ3v) is 3.62. The number of rotatable bonds is 7. The first-order chi connectivity index (χ1) is 8.10. The molecule has 96 valence electrons. The third kappa shape index (κ3) is 4.39. The second-order valence-electron chi connectivity index (χ2n) is 3.47. The van der Waals surface area contributed by atoms with Gasteiger partial charge in [0.25, 0.3) is 0 Å². The Kier molecular flexibility index (Phi) is 5.49. The minimum Gasteiger partial charge on any atom is -0.396 e. The molecule has 7 heteroatoms. The van der Waals surface area contributed by atoms with Crippen LogP contribution in [0.15, 0.2) is 29.4 Å². The van der Waals surface area contributed by atoms with Gasteiger partial charge in [0.15, 0.2) is 0 Å². The lowest BCUT2D eigenvalue weighted by Crippen LogP contribution is -2.38. The number of sulfonamides is 1. The van der Waals surface area contributed by atoms with E-state index in [2.05, 4.69) is 9.71 Å². The first kappa shape index (κ1) is 14.0. The normalized spacial score (nSPS) is 13.5. The van der Waals surface area contributed by atoms with Gasteiger partial charge in [-0.05, 0) is 18.6 Å². The Morgan fingerprint density at radius 3 is 2.88 bits per heavy atom. The Morgan fingerprint density at radius 2 is 2.35 bits per heavy atom. The zero-order valence-corrected chi connectivity index (χ0v) is 10.4. The Balaban J connectivity index is 2.77. The molecule has 0 bridgehead atoms. The minimum absolute atomic E-state index is 0.0963. The van der Waals surface area contributed by atoms with Crippen molar-refractivity contribution in [1.29, 1.82) is 0 Å². The van der Waals surface area contributed by atoms with Gasteiger partial charge >= 0.3 is 0 Å². The summed E-state index contributed by atoms with van der Waals surface area (Å²) in [5.41, 5.74) is 0. The van der Waals surface area contributed by atoms with Crippen LogP contribution in [0, 0.1) is 0 Å². The van der Waals surface area contributed by atoms with Crippen molar-refractivity contribution < 1.29 is 18.3 Å². The minimum atomic E-state index is -3.61. The summed E-state index contributed by atoms with van der Waals surface area (Å²) >= 11 is 0. The average Bonchev–Trinajstić information content (AvgIpc) is 2.30. The first-order valence-corrected chi connectivity index (χ1v) is 6.60. The van der Waals surface area contributed by atoms with Crippen molar-refractivity contribution in [3.8, 4) is 0 Å². The molecule has 2 N–H and O–H groups in total. The largest absolute Gasteiger partial charge is 0.396 e. The topological polar surface area (TPSA) is 88.5 Å². The van der Waals surface area contributed by atoms with Crippen LogP contribution >= 0.6 is 0 Å². The van der Waals surface area contributed by atoms with Crippen LogP contribution in [0.5, 0.6) is 0 Å². The number of pyridine rings is 1. The van der Waals surface area contributed by atoms with Gasteiger partial charge in [-0.25, -0.2) is 13.1 Å². The SMILES string of the molecule is COCC(CCO)NS(=O)(=O)c1cccnc1. The summed E-state index contributed by atoms with van der Waals surface area (Å²) in [5.74, 6) is 0. The number of aliphatic hydroxyl groups is 1. The van der Waals surface area contributed by atoms with Crippen LogP contribution in [0.4, 0.5) is 0 Å². The number of aliphatic hydroxyl groups excluding tert-OH is 1. The van der Waals surface area contributed by atoms with Crippen LogP contribution in [0.25, 0.3) is 0 Å². The number of hydrogen-bond acceptors (Lipinski definition) is 5. The molecule has 1 atom stereocenters. The van der Waals surface area contributed by atoms with Gasteiger partial charge in [0.1, 0.15) is 4.90 Å². The van der Waals surface area contributed by atoms with E-state index in [1.165, 1.54) is 25.6 Å². The van der Waals surface area contributed by atoms with Crippen molar-refractivity contribution in [2.24, 2.45) is 0 Å². The summed E-state index contributed by atoms with van der Waals surface area (Å²) < 4.78 is 31.2. The molecule has 0 saturated carbocycles. The molecule has 0 aromatic carbocycles. The van der Waals surface area contributed by atoms with E-state index in [1.807, 2.05) is 0 Å². The molecular formula is C10H16N2O4S. The smallest absolute Gasteiger partial charge is 0.242 e. The maximum Gasteiger partial charge on any atom is 0.242 e. The lowest BCUT2D eigenvalue weighted by Gasteiger charge is -2.16. The summed E-state index contributed by atoms with van der Waals surface area (Å²) in [6, 6.07) is 2.56. The summed E-state index contributed by atoms with van der Waals surface area (Å²) in [4.78, 5) is 3.85. The van der Waals surface area contributed by atoms with Crippen LogP contribution in [0.1, 0.15) is 6.42 Å². The number of methoxy groups -OCH3 is 1. The molecule has 17 heavy (non-hydrogen) atoms. The maximum atomic E-state index is 11.9. The molecule has 0 spiro atoms.